The first kappa shape index (κ1) is 20.7. The first-order valence-corrected chi connectivity index (χ1v) is 10.2. The minimum atomic E-state index is -0.359. The number of unbranched alkanes of at least 4 members (excludes halogenated alkanes) is 1. The maximum absolute atomic E-state index is 12.2. The average Bonchev–Trinajstić information content (AvgIpc) is 3.39. The third-order valence-corrected chi connectivity index (χ3v) is 4.93. The highest BCUT2D eigenvalue weighted by Gasteiger charge is 2.11. The van der Waals surface area contributed by atoms with Gasteiger partial charge in [-0.2, -0.15) is 0 Å². The Morgan fingerprint density at radius 1 is 1.24 bits per heavy atom. The zero-order valence-corrected chi connectivity index (χ0v) is 16.9. The molecule has 0 saturated heterocycles. The zero-order chi connectivity index (χ0) is 20.5. The van der Waals surface area contributed by atoms with Crippen LogP contribution in [0.5, 0.6) is 0 Å². The van der Waals surface area contributed by atoms with Gasteiger partial charge in [0.1, 0.15) is 12.1 Å². The lowest BCUT2D eigenvalue weighted by Crippen LogP contribution is -2.15. The number of hydrogen-bond donors (Lipinski definition) is 1. The van der Waals surface area contributed by atoms with E-state index in [0.717, 1.165) is 18.6 Å². The van der Waals surface area contributed by atoms with E-state index in [1.54, 1.807) is 36.9 Å². The first-order valence-electron chi connectivity index (χ1n) is 9.25. The van der Waals surface area contributed by atoms with Gasteiger partial charge in [0, 0.05) is 5.69 Å². The van der Waals surface area contributed by atoms with Gasteiger partial charge >= 0.3 is 5.97 Å². The van der Waals surface area contributed by atoms with Crippen LogP contribution < -0.4 is 5.32 Å². The summed E-state index contributed by atoms with van der Waals surface area (Å²) in [4.78, 5) is 24.1. The number of rotatable bonds is 10. The number of ether oxygens (including phenoxy) is 1. The molecule has 2 aromatic heterocycles. The zero-order valence-electron chi connectivity index (χ0n) is 16.0. The average molecular weight is 414 g/mol. The van der Waals surface area contributed by atoms with Crippen molar-refractivity contribution in [1.82, 2.24) is 14.8 Å². The van der Waals surface area contributed by atoms with Gasteiger partial charge in [-0.25, -0.2) is 4.79 Å². The molecule has 9 heteroatoms. The van der Waals surface area contributed by atoms with Gasteiger partial charge in [-0.05, 0) is 42.8 Å². The third kappa shape index (κ3) is 6.21. The van der Waals surface area contributed by atoms with E-state index >= 15 is 0 Å². The molecule has 0 atom stereocenters. The van der Waals surface area contributed by atoms with Crippen LogP contribution in [0.4, 0.5) is 5.69 Å². The number of carbonyl (C=O) groups is 2. The van der Waals surface area contributed by atoms with E-state index in [1.807, 2.05) is 23.6 Å². The summed E-state index contributed by atoms with van der Waals surface area (Å²) in [5, 5.41) is 11.4. The van der Waals surface area contributed by atoms with Crippen molar-refractivity contribution in [2.75, 3.05) is 17.7 Å². The van der Waals surface area contributed by atoms with Crippen LogP contribution in [0.15, 0.2) is 58.6 Å². The highest BCUT2D eigenvalue weighted by atomic mass is 32.2. The number of nitrogens with zero attached hydrogens (tertiary/aromatic N) is 3. The number of hydrogen-bond acceptors (Lipinski definition) is 7. The molecule has 1 amide bonds. The highest BCUT2D eigenvalue weighted by Crippen LogP contribution is 2.17. The summed E-state index contributed by atoms with van der Waals surface area (Å²) >= 11 is 1.28. The lowest BCUT2D eigenvalue weighted by molar-refractivity contribution is -0.113. The van der Waals surface area contributed by atoms with Gasteiger partial charge in [-0.3, -0.25) is 4.79 Å². The van der Waals surface area contributed by atoms with Crippen LogP contribution in [0.3, 0.4) is 0 Å². The SMILES string of the molecule is CCCCOC(=O)c1ccc(NC(=O)CSc2nncn2Cc2ccco2)cc1. The summed E-state index contributed by atoms with van der Waals surface area (Å²) in [7, 11) is 0. The van der Waals surface area contributed by atoms with E-state index in [0.29, 0.717) is 29.6 Å². The number of esters is 1. The lowest BCUT2D eigenvalue weighted by atomic mass is 10.2. The summed E-state index contributed by atoms with van der Waals surface area (Å²) in [5.74, 6) is 0.422. The van der Waals surface area contributed by atoms with Crippen molar-refractivity contribution < 1.29 is 18.7 Å². The van der Waals surface area contributed by atoms with Crippen LogP contribution in [-0.4, -0.2) is 39.0 Å². The van der Waals surface area contributed by atoms with E-state index in [9.17, 15) is 9.59 Å². The molecule has 0 aliphatic rings. The Hall–Kier alpha value is -3.07. The van der Waals surface area contributed by atoms with Crippen LogP contribution in [0, 0.1) is 0 Å². The maximum atomic E-state index is 12.2. The topological polar surface area (TPSA) is 99.2 Å². The highest BCUT2D eigenvalue weighted by molar-refractivity contribution is 7.99. The number of aromatic nitrogens is 3. The fourth-order valence-corrected chi connectivity index (χ4v) is 3.16. The minimum Gasteiger partial charge on any atom is -0.467 e. The molecule has 0 aliphatic heterocycles. The molecule has 152 valence electrons. The Bertz CT molecular complexity index is 922. The van der Waals surface area contributed by atoms with E-state index in [2.05, 4.69) is 15.5 Å². The monoisotopic (exact) mass is 414 g/mol. The largest absolute Gasteiger partial charge is 0.467 e. The second kappa shape index (κ2) is 10.5. The summed E-state index contributed by atoms with van der Waals surface area (Å²) < 4.78 is 12.3. The Kier molecular flexibility index (Phi) is 7.46. The molecular formula is C20H22N4O4S. The number of benzene rings is 1. The summed E-state index contributed by atoms with van der Waals surface area (Å²) in [6, 6.07) is 10.3. The Morgan fingerprint density at radius 3 is 2.79 bits per heavy atom. The minimum absolute atomic E-state index is 0.178. The molecule has 0 spiro atoms. The van der Waals surface area contributed by atoms with Crippen molar-refractivity contribution in [3.8, 4) is 0 Å². The molecule has 3 rings (SSSR count). The van der Waals surface area contributed by atoms with Crippen molar-refractivity contribution in [2.45, 2.75) is 31.5 Å². The molecule has 1 aromatic carbocycles. The molecule has 0 aliphatic carbocycles. The molecular weight excluding hydrogens is 392 g/mol. The summed E-state index contributed by atoms with van der Waals surface area (Å²) in [6.45, 7) is 2.95. The van der Waals surface area contributed by atoms with Gasteiger partial charge in [0.15, 0.2) is 5.16 Å². The van der Waals surface area contributed by atoms with E-state index in [4.69, 9.17) is 9.15 Å². The number of carbonyl (C=O) groups excluding carboxylic acids is 2. The van der Waals surface area contributed by atoms with Crippen molar-refractivity contribution in [1.29, 1.82) is 0 Å². The Morgan fingerprint density at radius 2 is 2.07 bits per heavy atom. The maximum Gasteiger partial charge on any atom is 0.338 e. The molecule has 0 fully saturated rings. The van der Waals surface area contributed by atoms with Crippen molar-refractivity contribution in [3.05, 3.63) is 60.3 Å². The quantitative estimate of drug-likeness (QED) is 0.307. The molecule has 2 heterocycles. The van der Waals surface area contributed by atoms with E-state index in [-0.39, 0.29) is 17.6 Å². The van der Waals surface area contributed by atoms with E-state index < -0.39 is 0 Å². The van der Waals surface area contributed by atoms with Crippen molar-refractivity contribution >= 4 is 29.3 Å². The number of nitrogens with one attached hydrogen (secondary N) is 1. The third-order valence-electron chi connectivity index (χ3n) is 3.95. The number of amides is 1. The molecule has 0 bridgehead atoms. The van der Waals surface area contributed by atoms with Gasteiger partial charge in [-0.15, -0.1) is 10.2 Å². The molecule has 0 radical (unpaired) electrons. The van der Waals surface area contributed by atoms with Gasteiger partial charge in [0.25, 0.3) is 0 Å². The molecule has 3 aromatic rings. The van der Waals surface area contributed by atoms with Crippen LogP contribution in [0.25, 0.3) is 0 Å². The lowest BCUT2D eigenvalue weighted by Gasteiger charge is -2.07. The van der Waals surface area contributed by atoms with Crippen LogP contribution in [0.1, 0.15) is 35.9 Å². The van der Waals surface area contributed by atoms with Gasteiger partial charge in [0.2, 0.25) is 5.91 Å². The van der Waals surface area contributed by atoms with Gasteiger partial charge in [0.05, 0.1) is 30.7 Å². The normalized spacial score (nSPS) is 10.7. The molecule has 29 heavy (non-hydrogen) atoms. The van der Waals surface area contributed by atoms with Crippen molar-refractivity contribution in [2.24, 2.45) is 0 Å². The standard InChI is InChI=1S/C20H22N4O4S/c1-2-3-10-28-19(26)15-6-8-16(9-7-15)22-18(25)13-29-20-23-21-14-24(20)12-17-5-4-11-27-17/h4-9,11,14H,2-3,10,12-13H2,1H3,(H,22,25). The summed E-state index contributed by atoms with van der Waals surface area (Å²) in [6.07, 6.45) is 5.01. The molecule has 0 unspecified atom stereocenters. The second-order valence-electron chi connectivity index (χ2n) is 6.22. The molecule has 8 nitrogen and oxygen atoms in total. The summed E-state index contributed by atoms with van der Waals surface area (Å²) in [5.41, 5.74) is 1.07. The molecule has 1 N–H and O–H groups in total. The number of thioether (sulfide) groups is 1. The Labute approximate surface area is 172 Å². The number of furan rings is 1. The van der Waals surface area contributed by atoms with Crippen LogP contribution in [-0.2, 0) is 16.1 Å². The van der Waals surface area contributed by atoms with Gasteiger partial charge < -0.3 is 19.0 Å². The fraction of sp³-hybridized carbons (Fsp3) is 0.300. The van der Waals surface area contributed by atoms with E-state index in [1.165, 1.54) is 11.8 Å². The van der Waals surface area contributed by atoms with Crippen LogP contribution in [0.2, 0.25) is 0 Å². The predicted molar refractivity (Wildman–Crippen MR) is 109 cm³/mol. The fourth-order valence-electron chi connectivity index (χ4n) is 2.44. The number of anilines is 1. The predicted octanol–water partition coefficient (Wildman–Crippen LogP) is 3.61. The smallest absolute Gasteiger partial charge is 0.338 e. The second-order valence-corrected chi connectivity index (χ2v) is 7.17. The van der Waals surface area contributed by atoms with Crippen molar-refractivity contribution in [3.63, 3.8) is 0 Å². The van der Waals surface area contributed by atoms with Crippen LogP contribution >= 0.6 is 11.8 Å². The first-order chi connectivity index (χ1) is 14.2. The molecule has 0 saturated carbocycles. The Balaban J connectivity index is 1.47. The van der Waals surface area contributed by atoms with Gasteiger partial charge in [-0.1, -0.05) is 25.1 Å².